The summed E-state index contributed by atoms with van der Waals surface area (Å²) >= 11 is 0. The van der Waals surface area contributed by atoms with Crippen molar-refractivity contribution in [2.45, 2.75) is 18.2 Å². The van der Waals surface area contributed by atoms with Crippen molar-refractivity contribution in [1.29, 1.82) is 0 Å². The van der Waals surface area contributed by atoms with Gasteiger partial charge in [-0.25, -0.2) is 8.42 Å². The standard InChI is InChI=1S/C19H30N4O3S/c1-16-3-5-18(6-4-16)27(25,26)23-11-9-21(10-12-23)15-19(24)22-8-7-17(14-22)13-20-2/h3-6,17,20H,7-15H2,1-2H3. The van der Waals surface area contributed by atoms with Gasteiger partial charge in [0.1, 0.15) is 0 Å². The summed E-state index contributed by atoms with van der Waals surface area (Å²) in [6, 6.07) is 6.96. The van der Waals surface area contributed by atoms with Gasteiger partial charge in [-0.1, -0.05) is 17.7 Å². The Morgan fingerprint density at radius 3 is 2.41 bits per heavy atom. The highest BCUT2D eigenvalue weighted by atomic mass is 32.2. The summed E-state index contributed by atoms with van der Waals surface area (Å²) in [5, 5.41) is 3.18. The zero-order valence-electron chi connectivity index (χ0n) is 16.2. The molecule has 0 saturated carbocycles. The van der Waals surface area contributed by atoms with Crippen LogP contribution in [-0.4, -0.2) is 87.8 Å². The number of benzene rings is 1. The molecule has 1 atom stereocenters. The van der Waals surface area contributed by atoms with Gasteiger partial charge in [0.15, 0.2) is 0 Å². The molecule has 8 heteroatoms. The van der Waals surface area contributed by atoms with Crippen LogP contribution in [0.15, 0.2) is 29.2 Å². The van der Waals surface area contributed by atoms with E-state index in [2.05, 4.69) is 10.2 Å². The number of sulfonamides is 1. The normalized spacial score (nSPS) is 22.3. The molecule has 150 valence electrons. The van der Waals surface area contributed by atoms with E-state index in [1.54, 1.807) is 12.1 Å². The van der Waals surface area contributed by atoms with E-state index in [9.17, 15) is 13.2 Å². The second-order valence-corrected chi connectivity index (χ2v) is 9.48. The van der Waals surface area contributed by atoms with Crippen LogP contribution in [0.2, 0.25) is 0 Å². The summed E-state index contributed by atoms with van der Waals surface area (Å²) in [7, 11) is -1.52. The molecule has 1 amide bonds. The van der Waals surface area contributed by atoms with Gasteiger partial charge >= 0.3 is 0 Å². The molecule has 1 unspecified atom stereocenters. The van der Waals surface area contributed by atoms with E-state index >= 15 is 0 Å². The Bertz CT molecular complexity index is 743. The zero-order chi connectivity index (χ0) is 19.4. The number of carbonyl (C=O) groups excluding carboxylic acids is 1. The van der Waals surface area contributed by atoms with Gasteiger partial charge < -0.3 is 10.2 Å². The molecule has 1 aromatic rings. The van der Waals surface area contributed by atoms with E-state index in [-0.39, 0.29) is 5.91 Å². The van der Waals surface area contributed by atoms with Crippen LogP contribution in [0.1, 0.15) is 12.0 Å². The third-order valence-corrected chi connectivity index (χ3v) is 7.39. The highest BCUT2D eigenvalue weighted by Crippen LogP contribution is 2.19. The second-order valence-electron chi connectivity index (χ2n) is 7.55. The number of aryl methyl sites for hydroxylation is 1. The van der Waals surface area contributed by atoms with Crippen LogP contribution < -0.4 is 5.32 Å². The number of hydrogen-bond donors (Lipinski definition) is 1. The Balaban J connectivity index is 1.50. The van der Waals surface area contributed by atoms with Crippen LogP contribution >= 0.6 is 0 Å². The van der Waals surface area contributed by atoms with Gasteiger partial charge in [-0.2, -0.15) is 4.31 Å². The van der Waals surface area contributed by atoms with Crippen molar-refractivity contribution >= 4 is 15.9 Å². The third-order valence-electron chi connectivity index (χ3n) is 5.48. The first kappa shape index (κ1) is 20.3. The summed E-state index contributed by atoms with van der Waals surface area (Å²) in [4.78, 5) is 16.9. The van der Waals surface area contributed by atoms with E-state index in [0.29, 0.717) is 43.5 Å². The number of nitrogens with one attached hydrogen (secondary N) is 1. The Labute approximate surface area is 162 Å². The van der Waals surface area contributed by atoms with E-state index in [1.807, 2.05) is 31.0 Å². The molecule has 2 aliphatic heterocycles. The van der Waals surface area contributed by atoms with Gasteiger partial charge in [-0.15, -0.1) is 0 Å². The molecule has 2 aliphatic rings. The second kappa shape index (κ2) is 8.68. The van der Waals surface area contributed by atoms with Crippen molar-refractivity contribution in [3.63, 3.8) is 0 Å². The Morgan fingerprint density at radius 2 is 1.78 bits per heavy atom. The topological polar surface area (TPSA) is 73.0 Å². The lowest BCUT2D eigenvalue weighted by molar-refractivity contribution is -0.131. The Hall–Kier alpha value is -1.48. The van der Waals surface area contributed by atoms with Crippen LogP contribution in [-0.2, 0) is 14.8 Å². The molecular weight excluding hydrogens is 364 g/mol. The molecule has 0 aromatic heterocycles. The summed E-state index contributed by atoms with van der Waals surface area (Å²) in [5.74, 6) is 0.693. The van der Waals surface area contributed by atoms with Gasteiger partial charge in [0.25, 0.3) is 0 Å². The predicted octanol–water partition coefficient (Wildman–Crippen LogP) is 0.369. The molecule has 2 fully saturated rings. The monoisotopic (exact) mass is 394 g/mol. The molecule has 1 aromatic carbocycles. The summed E-state index contributed by atoms with van der Waals surface area (Å²) < 4.78 is 27.0. The maximum absolute atomic E-state index is 12.8. The minimum absolute atomic E-state index is 0.156. The maximum atomic E-state index is 12.8. The smallest absolute Gasteiger partial charge is 0.243 e. The van der Waals surface area contributed by atoms with Crippen molar-refractivity contribution in [3.05, 3.63) is 29.8 Å². The highest BCUT2D eigenvalue weighted by Gasteiger charge is 2.31. The lowest BCUT2D eigenvalue weighted by Gasteiger charge is -2.34. The lowest BCUT2D eigenvalue weighted by atomic mass is 10.1. The molecular formula is C19H30N4O3S. The number of rotatable bonds is 6. The fraction of sp³-hybridized carbons (Fsp3) is 0.632. The average Bonchev–Trinajstić information content (AvgIpc) is 3.12. The molecule has 0 bridgehead atoms. The van der Waals surface area contributed by atoms with Gasteiger partial charge in [0.2, 0.25) is 15.9 Å². The first-order valence-corrected chi connectivity index (χ1v) is 11.1. The van der Waals surface area contributed by atoms with Crippen molar-refractivity contribution in [2.24, 2.45) is 5.92 Å². The van der Waals surface area contributed by atoms with Crippen molar-refractivity contribution in [2.75, 3.05) is 59.4 Å². The van der Waals surface area contributed by atoms with E-state index in [4.69, 9.17) is 0 Å². The van der Waals surface area contributed by atoms with E-state index < -0.39 is 10.0 Å². The Kier molecular flexibility index (Phi) is 6.52. The van der Waals surface area contributed by atoms with E-state index in [0.717, 1.165) is 31.6 Å². The lowest BCUT2D eigenvalue weighted by Crippen LogP contribution is -2.51. The van der Waals surface area contributed by atoms with Crippen molar-refractivity contribution < 1.29 is 13.2 Å². The maximum Gasteiger partial charge on any atom is 0.243 e. The minimum atomic E-state index is -3.46. The van der Waals surface area contributed by atoms with Gasteiger partial charge in [-0.3, -0.25) is 9.69 Å². The Morgan fingerprint density at radius 1 is 1.11 bits per heavy atom. The van der Waals surface area contributed by atoms with Crippen LogP contribution in [0.3, 0.4) is 0 Å². The summed E-state index contributed by atoms with van der Waals surface area (Å²) in [6.45, 7) is 6.93. The molecule has 0 aliphatic carbocycles. The number of likely N-dealkylation sites (tertiary alicyclic amines) is 1. The van der Waals surface area contributed by atoms with Crippen LogP contribution in [0.4, 0.5) is 0 Å². The number of amides is 1. The third kappa shape index (κ3) is 4.87. The number of hydrogen-bond acceptors (Lipinski definition) is 5. The molecule has 0 spiro atoms. The van der Waals surface area contributed by atoms with Crippen LogP contribution in [0.5, 0.6) is 0 Å². The predicted molar refractivity (Wildman–Crippen MR) is 105 cm³/mol. The first-order valence-electron chi connectivity index (χ1n) is 9.61. The summed E-state index contributed by atoms with van der Waals surface area (Å²) in [6.07, 6.45) is 1.05. The first-order chi connectivity index (χ1) is 12.9. The quantitative estimate of drug-likeness (QED) is 0.755. The molecule has 27 heavy (non-hydrogen) atoms. The van der Waals surface area contributed by atoms with Gasteiger partial charge in [0, 0.05) is 39.3 Å². The van der Waals surface area contributed by atoms with Gasteiger partial charge in [0.05, 0.1) is 11.4 Å². The molecule has 2 heterocycles. The molecule has 3 rings (SSSR count). The molecule has 0 radical (unpaired) electrons. The number of carbonyl (C=O) groups is 1. The molecule has 2 saturated heterocycles. The SMILES string of the molecule is CNCC1CCN(C(=O)CN2CCN(S(=O)(=O)c3ccc(C)cc3)CC2)C1. The van der Waals surface area contributed by atoms with Crippen LogP contribution in [0, 0.1) is 12.8 Å². The van der Waals surface area contributed by atoms with E-state index in [1.165, 1.54) is 4.31 Å². The summed E-state index contributed by atoms with van der Waals surface area (Å²) in [5.41, 5.74) is 1.04. The van der Waals surface area contributed by atoms with Gasteiger partial charge in [-0.05, 0) is 45.0 Å². The molecule has 7 nitrogen and oxygen atoms in total. The fourth-order valence-electron chi connectivity index (χ4n) is 3.79. The van der Waals surface area contributed by atoms with Crippen LogP contribution in [0.25, 0.3) is 0 Å². The van der Waals surface area contributed by atoms with Crippen molar-refractivity contribution in [1.82, 2.24) is 19.4 Å². The minimum Gasteiger partial charge on any atom is -0.341 e. The largest absolute Gasteiger partial charge is 0.341 e. The number of nitrogens with zero attached hydrogens (tertiary/aromatic N) is 3. The molecule has 1 N–H and O–H groups in total. The fourth-order valence-corrected chi connectivity index (χ4v) is 5.22. The number of piperazine rings is 1. The average molecular weight is 395 g/mol. The van der Waals surface area contributed by atoms with Crippen molar-refractivity contribution in [3.8, 4) is 0 Å². The highest BCUT2D eigenvalue weighted by molar-refractivity contribution is 7.89. The zero-order valence-corrected chi connectivity index (χ0v) is 17.0.